The van der Waals surface area contributed by atoms with Crippen molar-refractivity contribution >= 4 is 57.5 Å². The Labute approximate surface area is 176 Å². The Morgan fingerprint density at radius 2 is 1.93 bits per heavy atom. The summed E-state index contributed by atoms with van der Waals surface area (Å²) in [6.07, 6.45) is 1.73. The maximum Gasteiger partial charge on any atom is 0.273 e. The third-order valence-corrected chi connectivity index (χ3v) is 6.26. The van der Waals surface area contributed by atoms with Gasteiger partial charge in [0.15, 0.2) is 5.17 Å². The molecule has 4 rings (SSSR count). The van der Waals surface area contributed by atoms with Gasteiger partial charge in [-0.3, -0.25) is 15.0 Å². The van der Waals surface area contributed by atoms with E-state index in [4.69, 9.17) is 10.4 Å². The van der Waals surface area contributed by atoms with Gasteiger partial charge in [0.05, 0.1) is 10.4 Å². The lowest BCUT2D eigenvalue weighted by molar-refractivity contribution is -0.135. The van der Waals surface area contributed by atoms with Crippen molar-refractivity contribution in [3.05, 3.63) is 70.6 Å². The smallest absolute Gasteiger partial charge is 0.273 e. The van der Waals surface area contributed by atoms with Crippen molar-refractivity contribution in [2.45, 2.75) is 23.8 Å². The number of nitrogens with zero attached hydrogens (tertiary/aromatic N) is 2. The van der Waals surface area contributed by atoms with Gasteiger partial charge in [-0.05, 0) is 55.1 Å². The molecular formula is C22H17N3O2S2. The van der Waals surface area contributed by atoms with Gasteiger partial charge in [0.1, 0.15) is 5.03 Å². The number of amides is 2. The largest absolute Gasteiger partial charge is 0.278 e. The molecule has 0 radical (unpaired) electrons. The van der Waals surface area contributed by atoms with Gasteiger partial charge in [0, 0.05) is 22.8 Å². The van der Waals surface area contributed by atoms with E-state index in [-0.39, 0.29) is 5.17 Å². The van der Waals surface area contributed by atoms with Crippen LogP contribution in [0.2, 0.25) is 0 Å². The van der Waals surface area contributed by atoms with Crippen LogP contribution in [0.1, 0.15) is 18.1 Å². The minimum absolute atomic E-state index is 0.0735. The molecule has 0 unspecified atom stereocenters. The maximum absolute atomic E-state index is 12.6. The average molecular weight is 420 g/mol. The first-order valence-corrected chi connectivity index (χ1v) is 10.5. The summed E-state index contributed by atoms with van der Waals surface area (Å²) >= 11 is 2.51. The van der Waals surface area contributed by atoms with Crippen LogP contribution in [-0.2, 0) is 9.59 Å². The topological polar surface area (TPSA) is 74.1 Å². The highest BCUT2D eigenvalue weighted by atomic mass is 32.2. The maximum atomic E-state index is 12.6. The van der Waals surface area contributed by atoms with Crippen molar-refractivity contribution in [3.63, 3.8) is 0 Å². The predicted octanol–water partition coefficient (Wildman–Crippen LogP) is 5.09. The molecule has 2 aromatic carbocycles. The lowest BCUT2D eigenvalue weighted by atomic mass is 10.1. The van der Waals surface area contributed by atoms with E-state index in [9.17, 15) is 9.59 Å². The number of carbonyl (C=O) groups excluding carboxylic acids is 2. The zero-order valence-corrected chi connectivity index (χ0v) is 17.4. The molecule has 0 atom stereocenters. The molecule has 1 aliphatic heterocycles. The summed E-state index contributed by atoms with van der Waals surface area (Å²) in [6.45, 7) is 3.31. The number of pyridine rings is 1. The normalized spacial score (nSPS) is 15.5. The molecule has 1 aliphatic rings. The standard InChI is InChI=1S/C22H17N3O2S2/c1-13-8-9-18-15(10-13)11-16(20(24-18)28-17-6-4-3-5-7-17)12-19-21(27)25(14(2)26)22(23)29-19/h3-12,23H,1-2H3/b19-12+,23-22?. The van der Waals surface area contributed by atoms with Crippen LogP contribution in [0.15, 0.2) is 69.4 Å². The van der Waals surface area contributed by atoms with E-state index < -0.39 is 11.8 Å². The van der Waals surface area contributed by atoms with Gasteiger partial charge in [0.2, 0.25) is 5.91 Å². The van der Waals surface area contributed by atoms with Gasteiger partial charge in [0.25, 0.3) is 5.91 Å². The summed E-state index contributed by atoms with van der Waals surface area (Å²) in [5, 5.41) is 9.61. The first-order valence-electron chi connectivity index (χ1n) is 8.90. The monoisotopic (exact) mass is 419 g/mol. The highest BCUT2D eigenvalue weighted by Gasteiger charge is 2.35. The number of fused-ring (bicyclic) bond motifs is 1. The van der Waals surface area contributed by atoms with Crippen molar-refractivity contribution in [1.82, 2.24) is 9.88 Å². The molecule has 2 amide bonds. The molecule has 144 valence electrons. The van der Waals surface area contributed by atoms with Crippen molar-refractivity contribution in [2.24, 2.45) is 0 Å². The minimum Gasteiger partial charge on any atom is -0.278 e. The first kappa shape index (κ1) is 19.4. The second-order valence-corrected chi connectivity index (χ2v) is 8.66. The summed E-state index contributed by atoms with van der Waals surface area (Å²) < 4.78 is 0. The van der Waals surface area contributed by atoms with E-state index in [2.05, 4.69) is 6.07 Å². The molecule has 1 aromatic heterocycles. The van der Waals surface area contributed by atoms with Crippen LogP contribution >= 0.6 is 23.5 Å². The SMILES string of the molecule is CC(=O)N1C(=N)S/C(=C/c2cc3cc(C)ccc3nc2Sc2ccccc2)C1=O. The molecular weight excluding hydrogens is 402 g/mol. The molecule has 0 bridgehead atoms. The van der Waals surface area contributed by atoms with E-state index in [1.54, 1.807) is 6.08 Å². The van der Waals surface area contributed by atoms with Crippen LogP contribution in [0.4, 0.5) is 0 Å². The fraction of sp³-hybridized carbons (Fsp3) is 0.0909. The molecule has 3 aromatic rings. The van der Waals surface area contributed by atoms with Gasteiger partial charge < -0.3 is 0 Å². The van der Waals surface area contributed by atoms with Gasteiger partial charge in [-0.1, -0.05) is 41.6 Å². The number of nitrogens with one attached hydrogen (secondary N) is 1. The fourth-order valence-electron chi connectivity index (χ4n) is 2.99. The highest BCUT2D eigenvalue weighted by molar-refractivity contribution is 8.18. The number of benzene rings is 2. The minimum atomic E-state index is -0.465. The number of aromatic nitrogens is 1. The Balaban J connectivity index is 1.83. The van der Waals surface area contributed by atoms with Crippen LogP contribution in [0.25, 0.3) is 17.0 Å². The van der Waals surface area contributed by atoms with Gasteiger partial charge in [-0.2, -0.15) is 0 Å². The molecule has 1 N–H and O–H groups in total. The van der Waals surface area contributed by atoms with E-state index in [1.165, 1.54) is 18.7 Å². The summed E-state index contributed by atoms with van der Waals surface area (Å²) in [6, 6.07) is 18.0. The number of hydrogen-bond acceptors (Lipinski definition) is 6. The van der Waals surface area contributed by atoms with Gasteiger partial charge in [-0.25, -0.2) is 9.88 Å². The van der Waals surface area contributed by atoms with Crippen LogP contribution in [0, 0.1) is 12.3 Å². The molecule has 0 saturated carbocycles. The Bertz CT molecular complexity index is 1190. The Kier molecular flexibility index (Phi) is 5.25. The molecule has 1 fully saturated rings. The Morgan fingerprint density at radius 1 is 1.17 bits per heavy atom. The van der Waals surface area contributed by atoms with Crippen LogP contribution in [0.5, 0.6) is 0 Å². The summed E-state index contributed by atoms with van der Waals surface area (Å²) in [7, 11) is 0. The van der Waals surface area contributed by atoms with Crippen molar-refractivity contribution in [1.29, 1.82) is 5.41 Å². The number of carbonyl (C=O) groups is 2. The zero-order chi connectivity index (χ0) is 20.5. The van der Waals surface area contributed by atoms with Crippen LogP contribution in [-0.4, -0.2) is 26.9 Å². The first-order chi connectivity index (χ1) is 13.9. The van der Waals surface area contributed by atoms with E-state index in [1.807, 2.05) is 55.5 Å². The molecule has 0 spiro atoms. The lowest BCUT2D eigenvalue weighted by Crippen LogP contribution is -2.32. The number of thioether (sulfide) groups is 1. The second-order valence-electron chi connectivity index (χ2n) is 6.57. The van der Waals surface area contributed by atoms with Gasteiger partial charge in [-0.15, -0.1) is 0 Å². The number of amidine groups is 1. The van der Waals surface area contributed by atoms with Crippen LogP contribution in [0.3, 0.4) is 0 Å². The van der Waals surface area contributed by atoms with Crippen molar-refractivity contribution in [2.75, 3.05) is 0 Å². The molecule has 7 heteroatoms. The molecule has 0 aliphatic carbocycles. The quantitative estimate of drug-likeness (QED) is 0.599. The molecule has 1 saturated heterocycles. The number of aryl methyl sites for hydroxylation is 1. The van der Waals surface area contributed by atoms with Crippen LogP contribution < -0.4 is 0 Å². The molecule has 5 nitrogen and oxygen atoms in total. The van der Waals surface area contributed by atoms with E-state index >= 15 is 0 Å². The molecule has 29 heavy (non-hydrogen) atoms. The summed E-state index contributed by atoms with van der Waals surface area (Å²) in [4.78, 5) is 31.4. The summed E-state index contributed by atoms with van der Waals surface area (Å²) in [5.41, 5.74) is 2.78. The van der Waals surface area contributed by atoms with Crippen molar-refractivity contribution in [3.8, 4) is 0 Å². The number of rotatable bonds is 3. The van der Waals surface area contributed by atoms with E-state index in [0.717, 1.165) is 48.6 Å². The average Bonchev–Trinajstić information content (AvgIpc) is 2.96. The van der Waals surface area contributed by atoms with Gasteiger partial charge >= 0.3 is 0 Å². The van der Waals surface area contributed by atoms with E-state index in [0.29, 0.717) is 4.91 Å². The molecule has 2 heterocycles. The Hall–Kier alpha value is -2.90. The zero-order valence-electron chi connectivity index (χ0n) is 15.8. The van der Waals surface area contributed by atoms with Crippen molar-refractivity contribution < 1.29 is 9.59 Å². The Morgan fingerprint density at radius 3 is 2.62 bits per heavy atom. The summed E-state index contributed by atoms with van der Waals surface area (Å²) in [5.74, 6) is -0.922. The third-order valence-electron chi connectivity index (χ3n) is 4.35. The third kappa shape index (κ3) is 3.97. The number of hydrogen-bond donors (Lipinski definition) is 1. The lowest BCUT2D eigenvalue weighted by Gasteiger charge is -2.09. The second kappa shape index (κ2) is 7.85. The predicted molar refractivity (Wildman–Crippen MR) is 118 cm³/mol. The fourth-order valence-corrected chi connectivity index (χ4v) is 4.77. The highest BCUT2D eigenvalue weighted by Crippen LogP contribution is 2.36. The number of imide groups is 1.